The summed E-state index contributed by atoms with van der Waals surface area (Å²) >= 11 is 0. The molecule has 1 nitrogen and oxygen atoms in total. The van der Waals surface area contributed by atoms with Crippen LogP contribution in [0.3, 0.4) is 0 Å². The van der Waals surface area contributed by atoms with E-state index in [1.165, 1.54) is 31.2 Å². The number of benzene rings is 1. The summed E-state index contributed by atoms with van der Waals surface area (Å²) in [6, 6.07) is 10.8. The molecule has 0 radical (unpaired) electrons. The third kappa shape index (κ3) is 5.20. The lowest BCUT2D eigenvalue weighted by atomic mass is 9.91. The highest BCUT2D eigenvalue weighted by molar-refractivity contribution is 5.15. The molecule has 0 bridgehead atoms. The maximum atomic E-state index is 3.77. The molecular weight excluding hydrogens is 230 g/mol. The fourth-order valence-corrected chi connectivity index (χ4v) is 2.65. The van der Waals surface area contributed by atoms with Gasteiger partial charge in [-0.2, -0.15) is 0 Å². The number of hydrogen-bond acceptors (Lipinski definition) is 1. The highest BCUT2D eigenvalue weighted by atomic mass is 15.0. The van der Waals surface area contributed by atoms with Crippen molar-refractivity contribution >= 4 is 0 Å². The first kappa shape index (κ1) is 14.3. The molecule has 0 spiro atoms. The van der Waals surface area contributed by atoms with E-state index in [0.717, 1.165) is 18.9 Å². The average Bonchev–Trinajstić information content (AvgIpc) is 2.46. The molecular formula is C18H27N. The zero-order chi connectivity index (χ0) is 13.6. The smallest absolute Gasteiger partial charge is 0.0128 e. The van der Waals surface area contributed by atoms with Crippen molar-refractivity contribution < 1.29 is 0 Å². The minimum atomic E-state index is 0.233. The van der Waals surface area contributed by atoms with Gasteiger partial charge in [-0.25, -0.2) is 0 Å². The quantitative estimate of drug-likeness (QED) is 0.747. The van der Waals surface area contributed by atoms with Crippen LogP contribution in [-0.2, 0) is 6.42 Å². The lowest BCUT2D eigenvalue weighted by Crippen LogP contribution is -2.42. The molecule has 1 N–H and O–H groups in total. The SMILES string of the molecule is CC(C)(CCc1ccccc1)NCC1CC=CCC1. The van der Waals surface area contributed by atoms with Crippen LogP contribution in [0, 0.1) is 5.92 Å². The molecule has 19 heavy (non-hydrogen) atoms. The van der Waals surface area contributed by atoms with Crippen molar-refractivity contribution in [2.75, 3.05) is 6.54 Å². The Morgan fingerprint density at radius 2 is 1.95 bits per heavy atom. The van der Waals surface area contributed by atoms with Gasteiger partial charge < -0.3 is 5.32 Å². The molecule has 0 aromatic heterocycles. The molecule has 1 unspecified atom stereocenters. The van der Waals surface area contributed by atoms with Gasteiger partial charge >= 0.3 is 0 Å². The molecule has 0 saturated heterocycles. The maximum Gasteiger partial charge on any atom is 0.0128 e. The largest absolute Gasteiger partial charge is 0.311 e. The van der Waals surface area contributed by atoms with E-state index >= 15 is 0 Å². The number of aryl methyl sites for hydroxylation is 1. The predicted molar refractivity (Wildman–Crippen MR) is 83.3 cm³/mol. The molecule has 0 amide bonds. The summed E-state index contributed by atoms with van der Waals surface area (Å²) in [5, 5.41) is 3.77. The van der Waals surface area contributed by atoms with Crippen molar-refractivity contribution in [1.29, 1.82) is 0 Å². The summed E-state index contributed by atoms with van der Waals surface area (Å²) in [7, 11) is 0. The van der Waals surface area contributed by atoms with Crippen LogP contribution in [0.1, 0.15) is 45.1 Å². The Balaban J connectivity index is 1.73. The van der Waals surface area contributed by atoms with Crippen molar-refractivity contribution in [3.8, 4) is 0 Å². The van der Waals surface area contributed by atoms with Crippen LogP contribution >= 0.6 is 0 Å². The third-order valence-corrected chi connectivity index (χ3v) is 4.13. The van der Waals surface area contributed by atoms with E-state index in [4.69, 9.17) is 0 Å². The van der Waals surface area contributed by atoms with E-state index in [1.54, 1.807) is 0 Å². The predicted octanol–water partition coefficient (Wildman–Crippen LogP) is 4.34. The minimum Gasteiger partial charge on any atom is -0.311 e. The molecule has 1 aliphatic carbocycles. The van der Waals surface area contributed by atoms with Crippen molar-refractivity contribution in [1.82, 2.24) is 5.32 Å². The molecule has 1 aliphatic rings. The van der Waals surface area contributed by atoms with Crippen molar-refractivity contribution in [3.05, 3.63) is 48.0 Å². The molecule has 1 heteroatoms. The maximum absolute atomic E-state index is 3.77. The zero-order valence-electron chi connectivity index (χ0n) is 12.4. The van der Waals surface area contributed by atoms with Crippen LogP contribution < -0.4 is 5.32 Å². The molecule has 0 saturated carbocycles. The molecule has 1 aromatic rings. The Kier molecular flexibility index (Phi) is 5.21. The monoisotopic (exact) mass is 257 g/mol. The van der Waals surface area contributed by atoms with Crippen LogP contribution in [0.25, 0.3) is 0 Å². The Morgan fingerprint density at radius 1 is 1.16 bits per heavy atom. The second-order valence-electron chi connectivity index (χ2n) is 6.40. The standard InChI is InChI=1S/C18H27N/c1-18(2,14-13-16-9-5-3-6-10-16)19-15-17-11-7-4-8-12-17/h3-7,9-10,17,19H,8,11-15H2,1-2H3. The summed E-state index contributed by atoms with van der Waals surface area (Å²) < 4.78 is 0. The number of hydrogen-bond donors (Lipinski definition) is 1. The summed E-state index contributed by atoms with van der Waals surface area (Å²) in [4.78, 5) is 0. The van der Waals surface area contributed by atoms with Crippen molar-refractivity contribution in [2.45, 2.75) is 51.5 Å². The number of rotatable bonds is 6. The minimum absolute atomic E-state index is 0.233. The lowest BCUT2D eigenvalue weighted by molar-refractivity contribution is 0.318. The van der Waals surface area contributed by atoms with Crippen molar-refractivity contribution in [2.24, 2.45) is 5.92 Å². The Labute approximate surface area is 118 Å². The molecule has 1 atom stereocenters. The number of allylic oxidation sites excluding steroid dienone is 2. The second-order valence-corrected chi connectivity index (χ2v) is 6.40. The summed E-state index contributed by atoms with van der Waals surface area (Å²) in [5.41, 5.74) is 1.68. The molecule has 0 fully saturated rings. The average molecular weight is 257 g/mol. The fourth-order valence-electron chi connectivity index (χ4n) is 2.65. The summed E-state index contributed by atoms with van der Waals surface area (Å²) in [5.74, 6) is 0.834. The van der Waals surface area contributed by atoms with Crippen LogP contribution in [0.5, 0.6) is 0 Å². The normalized spacial score (nSPS) is 19.6. The van der Waals surface area contributed by atoms with E-state index in [1.807, 2.05) is 0 Å². The molecule has 0 aliphatic heterocycles. The highest BCUT2D eigenvalue weighted by Gasteiger charge is 2.19. The van der Waals surface area contributed by atoms with Gasteiger partial charge in [0.1, 0.15) is 0 Å². The van der Waals surface area contributed by atoms with Crippen LogP contribution in [0.2, 0.25) is 0 Å². The van der Waals surface area contributed by atoms with Gasteiger partial charge in [-0.05, 0) is 64.0 Å². The lowest BCUT2D eigenvalue weighted by Gasteiger charge is -2.29. The number of nitrogens with one attached hydrogen (secondary N) is 1. The van der Waals surface area contributed by atoms with E-state index in [0.29, 0.717) is 0 Å². The molecule has 2 rings (SSSR count). The summed E-state index contributed by atoms with van der Waals surface area (Å²) in [6.45, 7) is 5.81. The van der Waals surface area contributed by atoms with Crippen LogP contribution in [0.15, 0.2) is 42.5 Å². The first-order valence-corrected chi connectivity index (χ1v) is 7.60. The Bertz CT molecular complexity index is 391. The third-order valence-electron chi connectivity index (χ3n) is 4.13. The van der Waals surface area contributed by atoms with Crippen LogP contribution in [-0.4, -0.2) is 12.1 Å². The first-order valence-electron chi connectivity index (χ1n) is 7.60. The van der Waals surface area contributed by atoms with E-state index < -0.39 is 0 Å². The van der Waals surface area contributed by atoms with Gasteiger partial charge in [0.25, 0.3) is 0 Å². The molecule has 104 valence electrons. The van der Waals surface area contributed by atoms with Gasteiger partial charge in [0.15, 0.2) is 0 Å². The summed E-state index contributed by atoms with van der Waals surface area (Å²) in [6.07, 6.45) is 10.9. The molecule has 0 heterocycles. The second kappa shape index (κ2) is 6.91. The highest BCUT2D eigenvalue weighted by Crippen LogP contribution is 2.19. The fraction of sp³-hybridized carbons (Fsp3) is 0.556. The van der Waals surface area contributed by atoms with Gasteiger partial charge in [0.05, 0.1) is 0 Å². The van der Waals surface area contributed by atoms with Gasteiger partial charge in [0, 0.05) is 5.54 Å². The van der Waals surface area contributed by atoms with Gasteiger partial charge in [-0.15, -0.1) is 0 Å². The van der Waals surface area contributed by atoms with Crippen molar-refractivity contribution in [3.63, 3.8) is 0 Å². The molecule has 1 aromatic carbocycles. The van der Waals surface area contributed by atoms with E-state index in [-0.39, 0.29) is 5.54 Å². The first-order chi connectivity index (χ1) is 9.16. The van der Waals surface area contributed by atoms with Crippen LogP contribution in [0.4, 0.5) is 0 Å². The van der Waals surface area contributed by atoms with Gasteiger partial charge in [0.2, 0.25) is 0 Å². The van der Waals surface area contributed by atoms with Gasteiger partial charge in [-0.1, -0.05) is 42.5 Å². The van der Waals surface area contributed by atoms with Gasteiger partial charge in [-0.3, -0.25) is 0 Å². The Hall–Kier alpha value is -1.08. The topological polar surface area (TPSA) is 12.0 Å². The Morgan fingerprint density at radius 3 is 2.63 bits per heavy atom. The van der Waals surface area contributed by atoms with E-state index in [2.05, 4.69) is 61.6 Å². The van der Waals surface area contributed by atoms with E-state index in [9.17, 15) is 0 Å². The zero-order valence-corrected chi connectivity index (χ0v) is 12.4.